The highest BCUT2D eigenvalue weighted by molar-refractivity contribution is 9.10. The molecular formula is C17H25BrN2O. The number of hydrogen-bond donors (Lipinski definition) is 1. The number of piperidine rings is 1. The van der Waals surface area contributed by atoms with Gasteiger partial charge in [-0.15, -0.1) is 0 Å². The van der Waals surface area contributed by atoms with Gasteiger partial charge >= 0.3 is 0 Å². The normalized spacial score (nSPS) is 19.7. The van der Waals surface area contributed by atoms with Gasteiger partial charge in [0.05, 0.1) is 5.92 Å². The zero-order chi connectivity index (χ0) is 15.2. The van der Waals surface area contributed by atoms with Gasteiger partial charge in [-0.25, -0.2) is 0 Å². The Hall–Kier alpha value is -0.870. The van der Waals surface area contributed by atoms with Crippen molar-refractivity contribution in [1.29, 1.82) is 0 Å². The topological polar surface area (TPSA) is 32.3 Å². The minimum atomic E-state index is 0.143. The summed E-state index contributed by atoms with van der Waals surface area (Å²) in [5.74, 6) is 0.877. The number of halogens is 1. The Labute approximate surface area is 136 Å². The van der Waals surface area contributed by atoms with Crippen LogP contribution in [0.15, 0.2) is 28.7 Å². The van der Waals surface area contributed by atoms with Crippen molar-refractivity contribution in [1.82, 2.24) is 10.2 Å². The van der Waals surface area contributed by atoms with E-state index in [-0.39, 0.29) is 11.8 Å². The van der Waals surface area contributed by atoms with E-state index in [4.69, 9.17) is 0 Å². The van der Waals surface area contributed by atoms with E-state index in [0.717, 1.165) is 43.5 Å². The lowest BCUT2D eigenvalue weighted by atomic mass is 9.96. The van der Waals surface area contributed by atoms with Crippen LogP contribution in [-0.4, -0.2) is 30.4 Å². The Morgan fingerprint density at radius 3 is 3.00 bits per heavy atom. The number of rotatable bonds is 5. The van der Waals surface area contributed by atoms with Crippen LogP contribution < -0.4 is 5.32 Å². The van der Waals surface area contributed by atoms with Crippen LogP contribution in [0.1, 0.15) is 32.3 Å². The van der Waals surface area contributed by atoms with Gasteiger partial charge in [0.1, 0.15) is 0 Å². The number of benzene rings is 1. The van der Waals surface area contributed by atoms with E-state index in [2.05, 4.69) is 58.2 Å². The average molecular weight is 353 g/mol. The summed E-state index contributed by atoms with van der Waals surface area (Å²) in [6.07, 6.45) is 2.12. The van der Waals surface area contributed by atoms with E-state index < -0.39 is 0 Å². The van der Waals surface area contributed by atoms with E-state index in [9.17, 15) is 4.79 Å². The summed E-state index contributed by atoms with van der Waals surface area (Å²) in [5.41, 5.74) is 1.30. The summed E-state index contributed by atoms with van der Waals surface area (Å²) in [6.45, 7) is 7.91. The van der Waals surface area contributed by atoms with Gasteiger partial charge < -0.3 is 5.32 Å². The minimum Gasteiger partial charge on any atom is -0.356 e. The van der Waals surface area contributed by atoms with Crippen molar-refractivity contribution in [2.75, 3.05) is 19.6 Å². The number of nitrogens with zero attached hydrogens (tertiary/aromatic N) is 1. The van der Waals surface area contributed by atoms with Crippen LogP contribution in [0.5, 0.6) is 0 Å². The largest absolute Gasteiger partial charge is 0.356 e. The first kappa shape index (κ1) is 16.5. The third-order valence-electron chi connectivity index (χ3n) is 3.86. The SMILES string of the molecule is CC(C)CNC(=O)C1CCCN(Cc2cccc(Br)c2)C1. The number of carbonyl (C=O) groups is 1. The lowest BCUT2D eigenvalue weighted by molar-refractivity contribution is -0.126. The third kappa shape index (κ3) is 5.44. The van der Waals surface area contributed by atoms with E-state index in [1.165, 1.54) is 5.56 Å². The fraction of sp³-hybridized carbons (Fsp3) is 0.588. The van der Waals surface area contributed by atoms with Crippen molar-refractivity contribution in [3.05, 3.63) is 34.3 Å². The molecule has 0 aliphatic carbocycles. The number of nitrogens with one attached hydrogen (secondary N) is 1. The highest BCUT2D eigenvalue weighted by Gasteiger charge is 2.25. The van der Waals surface area contributed by atoms with Gasteiger partial charge in [-0.2, -0.15) is 0 Å². The van der Waals surface area contributed by atoms with Crippen LogP contribution in [0.25, 0.3) is 0 Å². The molecule has 4 heteroatoms. The standard InChI is InChI=1S/C17H25BrN2O/c1-13(2)10-19-17(21)15-6-4-8-20(12-15)11-14-5-3-7-16(18)9-14/h3,5,7,9,13,15H,4,6,8,10-12H2,1-2H3,(H,19,21). The highest BCUT2D eigenvalue weighted by Crippen LogP contribution is 2.20. The van der Waals surface area contributed by atoms with Gasteiger partial charge in [-0.05, 0) is 43.0 Å². The van der Waals surface area contributed by atoms with Crippen LogP contribution >= 0.6 is 15.9 Å². The summed E-state index contributed by atoms with van der Waals surface area (Å²) in [7, 11) is 0. The van der Waals surface area contributed by atoms with Crippen LogP contribution in [0, 0.1) is 11.8 Å². The molecule has 1 N–H and O–H groups in total. The fourth-order valence-corrected chi connectivity index (χ4v) is 3.20. The molecule has 116 valence electrons. The number of carbonyl (C=O) groups excluding carboxylic acids is 1. The predicted molar refractivity (Wildman–Crippen MR) is 90.0 cm³/mol. The van der Waals surface area contributed by atoms with E-state index in [0.29, 0.717) is 5.92 Å². The zero-order valence-electron chi connectivity index (χ0n) is 12.9. The smallest absolute Gasteiger partial charge is 0.224 e. The first-order valence-electron chi connectivity index (χ1n) is 7.79. The fourth-order valence-electron chi connectivity index (χ4n) is 2.76. The van der Waals surface area contributed by atoms with Crippen molar-refractivity contribution in [2.24, 2.45) is 11.8 Å². The molecule has 1 fully saturated rings. The van der Waals surface area contributed by atoms with Crippen molar-refractivity contribution < 1.29 is 4.79 Å². The molecule has 1 saturated heterocycles. The van der Waals surface area contributed by atoms with Crippen LogP contribution in [0.4, 0.5) is 0 Å². The van der Waals surface area contributed by atoms with Gasteiger partial charge in [0.15, 0.2) is 0 Å². The Kier molecular flexibility index (Phi) is 6.24. The van der Waals surface area contributed by atoms with E-state index in [1.54, 1.807) is 0 Å². The third-order valence-corrected chi connectivity index (χ3v) is 4.35. The van der Waals surface area contributed by atoms with E-state index in [1.807, 2.05) is 6.07 Å². The summed E-state index contributed by atoms with van der Waals surface area (Å²) in [4.78, 5) is 14.6. The molecular weight excluding hydrogens is 328 g/mol. The summed E-state index contributed by atoms with van der Waals surface area (Å²) in [5, 5.41) is 3.07. The monoisotopic (exact) mass is 352 g/mol. The Balaban J connectivity index is 1.87. The van der Waals surface area contributed by atoms with Gasteiger partial charge in [0, 0.05) is 24.1 Å². The van der Waals surface area contributed by atoms with Crippen molar-refractivity contribution in [2.45, 2.75) is 33.2 Å². The molecule has 1 unspecified atom stereocenters. The van der Waals surface area contributed by atoms with Gasteiger partial charge in [0.2, 0.25) is 5.91 Å². The minimum absolute atomic E-state index is 0.143. The zero-order valence-corrected chi connectivity index (χ0v) is 14.5. The summed E-state index contributed by atoms with van der Waals surface area (Å²) < 4.78 is 1.11. The Morgan fingerprint density at radius 1 is 1.48 bits per heavy atom. The van der Waals surface area contributed by atoms with Crippen LogP contribution in [0.3, 0.4) is 0 Å². The van der Waals surface area contributed by atoms with Crippen LogP contribution in [0.2, 0.25) is 0 Å². The number of amides is 1. The predicted octanol–water partition coefficient (Wildman–Crippen LogP) is 3.43. The Morgan fingerprint density at radius 2 is 2.29 bits per heavy atom. The summed E-state index contributed by atoms with van der Waals surface area (Å²) >= 11 is 3.51. The van der Waals surface area contributed by atoms with Gasteiger partial charge in [-0.3, -0.25) is 9.69 Å². The second kappa shape index (κ2) is 7.95. The number of likely N-dealkylation sites (tertiary alicyclic amines) is 1. The molecule has 0 radical (unpaired) electrons. The summed E-state index contributed by atoms with van der Waals surface area (Å²) in [6, 6.07) is 8.41. The first-order chi connectivity index (χ1) is 10.0. The second-order valence-corrected chi connectivity index (χ2v) is 7.26. The molecule has 1 aliphatic heterocycles. The number of hydrogen-bond acceptors (Lipinski definition) is 2. The first-order valence-corrected chi connectivity index (χ1v) is 8.58. The molecule has 0 bridgehead atoms. The lowest BCUT2D eigenvalue weighted by Gasteiger charge is -2.32. The molecule has 1 amide bonds. The molecule has 0 saturated carbocycles. The second-order valence-electron chi connectivity index (χ2n) is 6.34. The molecule has 1 aromatic carbocycles. The van der Waals surface area contributed by atoms with Crippen LogP contribution in [-0.2, 0) is 11.3 Å². The van der Waals surface area contributed by atoms with Crippen molar-refractivity contribution >= 4 is 21.8 Å². The van der Waals surface area contributed by atoms with Crippen molar-refractivity contribution in [3.8, 4) is 0 Å². The molecule has 1 aliphatic rings. The highest BCUT2D eigenvalue weighted by atomic mass is 79.9. The molecule has 21 heavy (non-hydrogen) atoms. The maximum absolute atomic E-state index is 12.2. The van der Waals surface area contributed by atoms with Gasteiger partial charge in [-0.1, -0.05) is 41.9 Å². The maximum atomic E-state index is 12.2. The Bertz CT molecular complexity index is 476. The average Bonchev–Trinajstić information content (AvgIpc) is 2.45. The molecule has 1 aromatic rings. The molecule has 2 rings (SSSR count). The van der Waals surface area contributed by atoms with Crippen molar-refractivity contribution in [3.63, 3.8) is 0 Å². The molecule has 0 aromatic heterocycles. The quantitative estimate of drug-likeness (QED) is 0.880. The van der Waals surface area contributed by atoms with Gasteiger partial charge in [0.25, 0.3) is 0 Å². The van der Waals surface area contributed by atoms with E-state index >= 15 is 0 Å². The molecule has 1 heterocycles. The maximum Gasteiger partial charge on any atom is 0.224 e. The molecule has 1 atom stereocenters. The lowest BCUT2D eigenvalue weighted by Crippen LogP contribution is -2.43. The molecule has 0 spiro atoms. The molecule has 3 nitrogen and oxygen atoms in total.